The summed E-state index contributed by atoms with van der Waals surface area (Å²) in [6.07, 6.45) is 15.8. The first-order valence-corrected chi connectivity index (χ1v) is 10.6. The fourth-order valence-corrected chi connectivity index (χ4v) is 2.90. The highest BCUT2D eigenvalue weighted by atomic mass is 16.3. The molecule has 160 valence electrons. The lowest BCUT2D eigenvalue weighted by molar-refractivity contribution is -0.133. The van der Waals surface area contributed by atoms with Crippen LogP contribution in [0.5, 0.6) is 0 Å². The Bertz CT molecular complexity index is 376. The fraction of sp³-hybridized carbons (Fsp3) is 0.857. The number of rotatable bonds is 18. The summed E-state index contributed by atoms with van der Waals surface area (Å²) in [7, 11) is 0. The third-order valence-electron chi connectivity index (χ3n) is 4.72. The van der Waals surface area contributed by atoms with Crippen molar-refractivity contribution < 1.29 is 25.2 Å². The van der Waals surface area contributed by atoms with Crippen molar-refractivity contribution in [1.29, 1.82) is 0 Å². The van der Waals surface area contributed by atoms with E-state index in [1.54, 1.807) is 6.08 Å². The second-order valence-corrected chi connectivity index (χ2v) is 7.24. The normalized spacial score (nSPS) is 15.0. The zero-order valence-corrected chi connectivity index (χ0v) is 17.0. The predicted molar refractivity (Wildman–Crippen MR) is 108 cm³/mol. The molecule has 0 aliphatic heterocycles. The van der Waals surface area contributed by atoms with Crippen molar-refractivity contribution in [3.63, 3.8) is 0 Å². The monoisotopic (exact) mass is 387 g/mol. The number of unbranched alkanes of at least 4 members (excludes halogenated alkanes) is 11. The lowest BCUT2D eigenvalue weighted by atomic mass is 10.0. The maximum atomic E-state index is 11.5. The van der Waals surface area contributed by atoms with Crippen molar-refractivity contribution >= 4 is 5.91 Å². The van der Waals surface area contributed by atoms with Gasteiger partial charge in [0.2, 0.25) is 0 Å². The number of aliphatic hydroxyl groups excluding tert-OH is 4. The molecular weight excluding hydrogens is 346 g/mol. The topological polar surface area (TPSA) is 110 Å². The van der Waals surface area contributed by atoms with E-state index in [1.165, 1.54) is 64.2 Å². The van der Waals surface area contributed by atoms with Crippen molar-refractivity contribution in [3.05, 3.63) is 12.2 Å². The van der Waals surface area contributed by atoms with Crippen molar-refractivity contribution in [1.82, 2.24) is 5.32 Å². The minimum absolute atomic E-state index is 0.451. The minimum atomic E-state index is -1.55. The van der Waals surface area contributed by atoms with Crippen LogP contribution in [0.25, 0.3) is 0 Å². The van der Waals surface area contributed by atoms with Crippen molar-refractivity contribution in [3.8, 4) is 0 Å². The Morgan fingerprint density at radius 2 is 1.37 bits per heavy atom. The molecule has 0 aromatic carbocycles. The molecule has 0 aromatic heterocycles. The second-order valence-electron chi connectivity index (χ2n) is 7.24. The third-order valence-corrected chi connectivity index (χ3v) is 4.72. The molecule has 6 heteroatoms. The Balaban J connectivity index is 3.69. The number of aliphatic hydroxyl groups is 4. The molecule has 0 saturated heterocycles. The van der Waals surface area contributed by atoms with Crippen LogP contribution < -0.4 is 5.32 Å². The molecule has 0 bridgehead atoms. The highest BCUT2D eigenvalue weighted by Crippen LogP contribution is 2.12. The summed E-state index contributed by atoms with van der Waals surface area (Å²) < 4.78 is 0. The average molecular weight is 388 g/mol. The molecule has 0 unspecified atom stereocenters. The van der Waals surface area contributed by atoms with Crippen LogP contribution in [0, 0.1) is 0 Å². The molecule has 0 heterocycles. The quantitative estimate of drug-likeness (QED) is 0.183. The molecule has 0 aliphatic carbocycles. The summed E-state index contributed by atoms with van der Waals surface area (Å²) in [5.74, 6) is -0.811. The molecule has 0 aromatic rings. The van der Waals surface area contributed by atoms with E-state index in [0.717, 1.165) is 12.8 Å². The average Bonchev–Trinajstić information content (AvgIpc) is 2.68. The van der Waals surface area contributed by atoms with Gasteiger partial charge in [-0.3, -0.25) is 4.79 Å². The van der Waals surface area contributed by atoms with E-state index in [1.807, 2.05) is 6.08 Å². The van der Waals surface area contributed by atoms with Crippen LogP contribution in [-0.2, 0) is 4.79 Å². The number of hydrogen-bond acceptors (Lipinski definition) is 5. The molecule has 0 fully saturated rings. The Kier molecular flexibility index (Phi) is 17.8. The van der Waals surface area contributed by atoms with E-state index in [4.69, 9.17) is 5.11 Å². The predicted octanol–water partition coefficient (Wildman–Crippen LogP) is 2.43. The summed E-state index contributed by atoms with van der Waals surface area (Å²) in [6.45, 7) is 1.09. The first kappa shape index (κ1) is 26.1. The van der Waals surface area contributed by atoms with Gasteiger partial charge in [0.25, 0.3) is 5.91 Å². The molecule has 0 aliphatic rings. The van der Waals surface area contributed by atoms with Gasteiger partial charge >= 0.3 is 0 Å². The molecule has 0 saturated carbocycles. The largest absolute Gasteiger partial charge is 0.394 e. The minimum Gasteiger partial charge on any atom is -0.394 e. The van der Waals surface area contributed by atoms with Gasteiger partial charge in [0.15, 0.2) is 6.10 Å². The summed E-state index contributed by atoms with van der Waals surface area (Å²) in [4.78, 5) is 11.5. The van der Waals surface area contributed by atoms with Gasteiger partial charge in [-0.1, -0.05) is 83.3 Å². The zero-order chi connectivity index (χ0) is 20.3. The van der Waals surface area contributed by atoms with Gasteiger partial charge in [0.1, 0.15) is 0 Å². The molecule has 3 atom stereocenters. The molecular formula is C21H41NO5. The van der Waals surface area contributed by atoms with Crippen LogP contribution in [-0.4, -0.2) is 57.8 Å². The van der Waals surface area contributed by atoms with E-state index in [0.29, 0.717) is 0 Å². The summed E-state index contributed by atoms with van der Waals surface area (Å²) in [6, 6.07) is -0.896. The van der Waals surface area contributed by atoms with E-state index in [2.05, 4.69) is 12.2 Å². The summed E-state index contributed by atoms with van der Waals surface area (Å²) >= 11 is 0. The third kappa shape index (κ3) is 14.7. The van der Waals surface area contributed by atoms with E-state index in [9.17, 15) is 20.1 Å². The van der Waals surface area contributed by atoms with Gasteiger partial charge in [-0.15, -0.1) is 0 Å². The fourth-order valence-electron chi connectivity index (χ4n) is 2.90. The molecule has 0 rings (SSSR count). The highest BCUT2D eigenvalue weighted by Gasteiger charge is 2.22. The van der Waals surface area contributed by atoms with Crippen molar-refractivity contribution in [2.45, 2.75) is 102 Å². The van der Waals surface area contributed by atoms with E-state index in [-0.39, 0.29) is 0 Å². The maximum Gasteiger partial charge on any atom is 0.251 e. The first-order chi connectivity index (χ1) is 13.1. The van der Waals surface area contributed by atoms with Gasteiger partial charge in [-0.25, -0.2) is 0 Å². The first-order valence-electron chi connectivity index (χ1n) is 10.6. The van der Waals surface area contributed by atoms with Crippen molar-refractivity contribution in [2.24, 2.45) is 0 Å². The highest BCUT2D eigenvalue weighted by molar-refractivity contribution is 5.80. The number of allylic oxidation sites excluding steroid dienone is 1. The van der Waals surface area contributed by atoms with Crippen molar-refractivity contribution in [2.75, 3.05) is 13.2 Å². The lowest BCUT2D eigenvalue weighted by Crippen LogP contribution is -2.49. The summed E-state index contributed by atoms with van der Waals surface area (Å²) in [5.41, 5.74) is 0. The molecule has 27 heavy (non-hydrogen) atoms. The maximum absolute atomic E-state index is 11.5. The van der Waals surface area contributed by atoms with Gasteiger partial charge in [0, 0.05) is 0 Å². The molecule has 0 spiro atoms. The number of nitrogens with one attached hydrogen (secondary N) is 1. The zero-order valence-electron chi connectivity index (χ0n) is 17.0. The molecule has 0 radical (unpaired) electrons. The van der Waals surface area contributed by atoms with Crippen LogP contribution >= 0.6 is 0 Å². The Morgan fingerprint density at radius 3 is 1.85 bits per heavy atom. The van der Waals surface area contributed by atoms with Crippen LogP contribution in [0.4, 0.5) is 0 Å². The lowest BCUT2D eigenvalue weighted by Gasteiger charge is -2.21. The van der Waals surface area contributed by atoms with Crippen LogP contribution in [0.1, 0.15) is 84.0 Å². The number of amides is 1. The number of carbonyl (C=O) groups excluding carboxylic acids is 1. The Labute approximate surface area is 164 Å². The molecule has 6 nitrogen and oxygen atoms in total. The van der Waals surface area contributed by atoms with Crippen LogP contribution in [0.3, 0.4) is 0 Å². The molecule has 5 N–H and O–H groups in total. The van der Waals surface area contributed by atoms with Gasteiger partial charge in [-0.05, 0) is 12.8 Å². The van der Waals surface area contributed by atoms with Gasteiger partial charge in [0.05, 0.1) is 25.4 Å². The summed E-state index contributed by atoms with van der Waals surface area (Å²) in [5, 5.41) is 39.5. The Hall–Kier alpha value is -0.950. The standard InChI is InChI=1S/C21H41NO5/c1-2-3-4-5-6-7-8-9-10-11-12-13-14-15-19(25)18(16-23)22-21(27)20(26)17-24/h14-15,18-20,23-26H,2-13,16-17H2,1H3,(H,22,27)/b15-14+/t18-,19+,20-/m0/s1. The number of carbonyl (C=O) groups is 1. The van der Waals surface area contributed by atoms with E-state index >= 15 is 0 Å². The smallest absolute Gasteiger partial charge is 0.251 e. The van der Waals surface area contributed by atoms with Crippen LogP contribution in [0.15, 0.2) is 12.2 Å². The Morgan fingerprint density at radius 1 is 0.852 bits per heavy atom. The van der Waals surface area contributed by atoms with Crippen LogP contribution in [0.2, 0.25) is 0 Å². The number of hydrogen-bond donors (Lipinski definition) is 5. The SMILES string of the molecule is CCCCCCCCCCCCC/C=C/[C@@H](O)[C@H](CO)NC(=O)[C@@H](O)CO. The molecule has 1 amide bonds. The van der Waals surface area contributed by atoms with E-state index < -0.39 is 37.4 Å². The second kappa shape index (κ2) is 18.4. The van der Waals surface area contributed by atoms with Gasteiger partial charge < -0.3 is 25.7 Å². The van der Waals surface area contributed by atoms with Gasteiger partial charge in [-0.2, -0.15) is 0 Å².